The van der Waals surface area contributed by atoms with Crippen molar-refractivity contribution < 1.29 is 14.3 Å². The molecule has 0 fully saturated rings. The lowest BCUT2D eigenvalue weighted by atomic mass is 9.89. The van der Waals surface area contributed by atoms with Crippen LogP contribution in [0.2, 0.25) is 0 Å². The van der Waals surface area contributed by atoms with Crippen molar-refractivity contribution in [1.82, 2.24) is 5.32 Å². The highest BCUT2D eigenvalue weighted by Crippen LogP contribution is 2.40. The third-order valence-corrected chi connectivity index (χ3v) is 4.51. The number of rotatable bonds is 5. The van der Waals surface area contributed by atoms with Crippen molar-refractivity contribution in [3.05, 3.63) is 71.3 Å². The third kappa shape index (κ3) is 4.70. The summed E-state index contributed by atoms with van der Waals surface area (Å²) in [6.45, 7) is 12.3. The molecule has 1 atom stereocenters. The number of ether oxygens (including phenoxy) is 2. The van der Waals surface area contributed by atoms with Crippen LogP contribution in [0.15, 0.2) is 54.6 Å². The fourth-order valence-electron chi connectivity index (χ4n) is 3.26. The van der Waals surface area contributed by atoms with Gasteiger partial charge in [0.1, 0.15) is 23.7 Å². The number of benzene rings is 2. The van der Waals surface area contributed by atoms with Crippen LogP contribution in [0.1, 0.15) is 54.7 Å². The van der Waals surface area contributed by atoms with Gasteiger partial charge in [0, 0.05) is 17.5 Å². The van der Waals surface area contributed by atoms with Crippen molar-refractivity contribution in [3.8, 4) is 11.5 Å². The van der Waals surface area contributed by atoms with Gasteiger partial charge >= 0.3 is 0 Å². The topological polar surface area (TPSA) is 47.6 Å². The lowest BCUT2D eigenvalue weighted by Gasteiger charge is -2.38. The van der Waals surface area contributed by atoms with Gasteiger partial charge in [-0.2, -0.15) is 0 Å². The molecule has 0 bridgehead atoms. The fraction of sp³-hybridized carbons (Fsp3) is 0.348. The predicted octanol–water partition coefficient (Wildman–Crippen LogP) is 4.98. The summed E-state index contributed by atoms with van der Waals surface area (Å²) in [6, 6.07) is 13.2. The number of nitrogens with one attached hydrogen (secondary N) is 1. The number of amides is 1. The van der Waals surface area contributed by atoms with Crippen molar-refractivity contribution in [1.29, 1.82) is 0 Å². The normalized spacial score (nSPS) is 17.4. The van der Waals surface area contributed by atoms with Gasteiger partial charge < -0.3 is 14.8 Å². The average molecular weight is 365 g/mol. The molecule has 142 valence electrons. The van der Waals surface area contributed by atoms with Crippen LogP contribution in [0.4, 0.5) is 0 Å². The standard InChI is InChI=1S/C23H27NO3/c1-15(2)14-26-18-8-6-7-17(12-18)22(25)24-20-13-23(4,5)27-21-11-16(3)9-10-19(20)21/h6-12,20H,1,13-14H2,2-5H3,(H,24,25). The van der Waals surface area contributed by atoms with E-state index in [1.54, 1.807) is 12.1 Å². The first-order valence-electron chi connectivity index (χ1n) is 9.21. The third-order valence-electron chi connectivity index (χ3n) is 4.51. The Labute approximate surface area is 161 Å². The molecule has 4 heteroatoms. The van der Waals surface area contributed by atoms with Gasteiger partial charge in [-0.15, -0.1) is 0 Å². The van der Waals surface area contributed by atoms with E-state index in [0.29, 0.717) is 24.3 Å². The maximum atomic E-state index is 12.9. The van der Waals surface area contributed by atoms with Crippen LogP contribution in [0.5, 0.6) is 11.5 Å². The molecule has 0 spiro atoms. The summed E-state index contributed by atoms with van der Waals surface area (Å²) in [5, 5.41) is 3.17. The Bertz CT molecular complexity index is 870. The van der Waals surface area contributed by atoms with Gasteiger partial charge in [0.2, 0.25) is 0 Å². The van der Waals surface area contributed by atoms with Gasteiger partial charge in [-0.25, -0.2) is 0 Å². The Kier molecular flexibility index (Phi) is 5.26. The lowest BCUT2D eigenvalue weighted by Crippen LogP contribution is -2.41. The molecule has 27 heavy (non-hydrogen) atoms. The van der Waals surface area contributed by atoms with Gasteiger partial charge in [0.05, 0.1) is 6.04 Å². The highest BCUT2D eigenvalue weighted by Gasteiger charge is 2.34. The monoisotopic (exact) mass is 365 g/mol. The minimum atomic E-state index is -0.342. The van der Waals surface area contributed by atoms with Gasteiger partial charge in [0.15, 0.2) is 0 Å². The van der Waals surface area contributed by atoms with Crippen LogP contribution in [-0.4, -0.2) is 18.1 Å². The number of aryl methyl sites for hydroxylation is 1. The molecule has 2 aromatic carbocycles. The summed E-state index contributed by atoms with van der Waals surface area (Å²) in [6.07, 6.45) is 0.709. The van der Waals surface area contributed by atoms with Crippen LogP contribution in [0.25, 0.3) is 0 Å². The van der Waals surface area contributed by atoms with E-state index in [4.69, 9.17) is 9.47 Å². The Balaban J connectivity index is 1.80. The molecule has 1 aliphatic rings. The van der Waals surface area contributed by atoms with Crippen LogP contribution in [0.3, 0.4) is 0 Å². The molecule has 1 unspecified atom stereocenters. The summed E-state index contributed by atoms with van der Waals surface area (Å²) in [5.41, 5.74) is 3.32. The van der Waals surface area contributed by atoms with Crippen LogP contribution >= 0.6 is 0 Å². The zero-order valence-corrected chi connectivity index (χ0v) is 16.5. The number of hydrogen-bond acceptors (Lipinski definition) is 3. The summed E-state index contributed by atoms with van der Waals surface area (Å²) >= 11 is 0. The Hall–Kier alpha value is -2.75. The largest absolute Gasteiger partial charge is 0.489 e. The number of hydrogen-bond donors (Lipinski definition) is 1. The Morgan fingerprint density at radius 3 is 2.81 bits per heavy atom. The van der Waals surface area contributed by atoms with Crippen molar-refractivity contribution >= 4 is 5.91 Å². The first kappa shape index (κ1) is 19.0. The van der Waals surface area contributed by atoms with Gasteiger partial charge in [-0.1, -0.05) is 24.8 Å². The second kappa shape index (κ2) is 7.47. The molecule has 3 rings (SSSR count). The molecule has 1 N–H and O–H groups in total. The number of carbonyl (C=O) groups excluding carboxylic acids is 1. The summed E-state index contributed by atoms with van der Waals surface area (Å²) in [5.74, 6) is 1.38. The fourth-order valence-corrected chi connectivity index (χ4v) is 3.26. The zero-order chi connectivity index (χ0) is 19.6. The van der Waals surface area contributed by atoms with E-state index >= 15 is 0 Å². The molecule has 1 aliphatic heterocycles. The van der Waals surface area contributed by atoms with Crippen molar-refractivity contribution in [3.63, 3.8) is 0 Å². The van der Waals surface area contributed by atoms with Crippen LogP contribution in [-0.2, 0) is 0 Å². The Morgan fingerprint density at radius 2 is 2.07 bits per heavy atom. The van der Waals surface area contributed by atoms with E-state index in [-0.39, 0.29) is 17.6 Å². The first-order valence-corrected chi connectivity index (χ1v) is 9.21. The van der Waals surface area contributed by atoms with E-state index in [9.17, 15) is 4.79 Å². The SMILES string of the molecule is C=C(C)COc1cccc(C(=O)NC2CC(C)(C)Oc3cc(C)ccc32)c1. The van der Waals surface area contributed by atoms with Gasteiger partial charge in [0.25, 0.3) is 5.91 Å². The zero-order valence-electron chi connectivity index (χ0n) is 16.5. The van der Waals surface area contributed by atoms with E-state index in [2.05, 4.69) is 11.9 Å². The molecule has 2 aromatic rings. The highest BCUT2D eigenvalue weighted by molar-refractivity contribution is 5.94. The maximum absolute atomic E-state index is 12.9. The van der Waals surface area contributed by atoms with E-state index < -0.39 is 0 Å². The molecule has 0 aliphatic carbocycles. The minimum absolute atomic E-state index is 0.100. The molecular formula is C23H27NO3. The molecular weight excluding hydrogens is 338 g/mol. The molecule has 1 amide bonds. The molecule has 0 saturated heterocycles. The predicted molar refractivity (Wildman–Crippen MR) is 107 cm³/mol. The van der Waals surface area contributed by atoms with E-state index in [0.717, 1.165) is 22.4 Å². The first-order chi connectivity index (χ1) is 12.7. The second-order valence-electron chi connectivity index (χ2n) is 7.91. The van der Waals surface area contributed by atoms with Crippen LogP contribution in [0, 0.1) is 6.92 Å². The summed E-state index contributed by atoms with van der Waals surface area (Å²) in [7, 11) is 0. The quantitative estimate of drug-likeness (QED) is 0.760. The highest BCUT2D eigenvalue weighted by atomic mass is 16.5. The average Bonchev–Trinajstić information content (AvgIpc) is 2.58. The molecule has 0 radical (unpaired) electrons. The van der Waals surface area contributed by atoms with Crippen molar-refractivity contribution in [2.75, 3.05) is 6.61 Å². The van der Waals surface area contributed by atoms with Gasteiger partial charge in [-0.05, 0) is 63.1 Å². The number of fused-ring (bicyclic) bond motifs is 1. The summed E-state index contributed by atoms with van der Waals surface area (Å²) < 4.78 is 11.8. The number of carbonyl (C=O) groups is 1. The van der Waals surface area contributed by atoms with Gasteiger partial charge in [-0.3, -0.25) is 4.79 Å². The van der Waals surface area contributed by atoms with Crippen molar-refractivity contribution in [2.24, 2.45) is 0 Å². The maximum Gasteiger partial charge on any atom is 0.251 e. The smallest absolute Gasteiger partial charge is 0.251 e. The molecule has 0 saturated carbocycles. The van der Waals surface area contributed by atoms with E-state index in [1.807, 2.05) is 58.0 Å². The minimum Gasteiger partial charge on any atom is -0.489 e. The molecule has 1 heterocycles. The second-order valence-corrected chi connectivity index (χ2v) is 7.91. The molecule has 4 nitrogen and oxygen atoms in total. The van der Waals surface area contributed by atoms with E-state index in [1.165, 1.54) is 0 Å². The lowest BCUT2D eigenvalue weighted by molar-refractivity contribution is 0.0619. The van der Waals surface area contributed by atoms with Crippen LogP contribution < -0.4 is 14.8 Å². The Morgan fingerprint density at radius 1 is 1.30 bits per heavy atom. The summed E-state index contributed by atoms with van der Waals surface area (Å²) in [4.78, 5) is 12.9. The van der Waals surface area contributed by atoms with Crippen molar-refractivity contribution in [2.45, 2.75) is 45.8 Å². The molecule has 0 aromatic heterocycles.